The zero-order chi connectivity index (χ0) is 13.2. The molecule has 3 aromatic rings. The highest BCUT2D eigenvalue weighted by Crippen LogP contribution is 2.26. The number of H-pyrrole nitrogens is 1. The third kappa shape index (κ3) is 2.39. The van der Waals surface area contributed by atoms with Crippen molar-refractivity contribution >= 4 is 32.8 Å². The first-order valence-corrected chi connectivity index (χ1v) is 6.47. The summed E-state index contributed by atoms with van der Waals surface area (Å²) in [7, 11) is 0. The summed E-state index contributed by atoms with van der Waals surface area (Å²) in [5.41, 5.74) is 1.58. The second kappa shape index (κ2) is 4.89. The quantitative estimate of drug-likeness (QED) is 0.779. The van der Waals surface area contributed by atoms with Gasteiger partial charge in [0.2, 0.25) is 0 Å². The number of carbonyl (C=O) groups is 1. The van der Waals surface area contributed by atoms with Crippen molar-refractivity contribution in [3.63, 3.8) is 0 Å². The molecule has 2 N–H and O–H groups in total. The van der Waals surface area contributed by atoms with Gasteiger partial charge in [-0.15, -0.1) is 0 Å². The van der Waals surface area contributed by atoms with Gasteiger partial charge >= 0.3 is 0 Å². The molecule has 6 heteroatoms. The number of fused-ring (bicyclic) bond motifs is 1. The summed E-state index contributed by atoms with van der Waals surface area (Å²) in [4.78, 5) is 12.0. The number of furan rings is 1. The summed E-state index contributed by atoms with van der Waals surface area (Å²) in [5.74, 6) is 0.0506. The molecule has 0 aliphatic carbocycles. The molecule has 2 aromatic heterocycles. The Hall–Kier alpha value is -2.08. The molecule has 0 saturated carbocycles. The predicted octanol–water partition coefficient (Wildman–Crippen LogP) is 2.85. The first-order chi connectivity index (χ1) is 9.24. The molecule has 3 rings (SSSR count). The van der Waals surface area contributed by atoms with Crippen LogP contribution >= 0.6 is 15.9 Å². The van der Waals surface area contributed by atoms with Crippen LogP contribution in [0.3, 0.4) is 0 Å². The van der Waals surface area contributed by atoms with E-state index in [-0.39, 0.29) is 5.91 Å². The number of para-hydroxylation sites is 1. The van der Waals surface area contributed by atoms with E-state index in [2.05, 4.69) is 31.4 Å². The van der Waals surface area contributed by atoms with Crippen LogP contribution in [0.15, 0.2) is 45.5 Å². The molecule has 0 radical (unpaired) electrons. The van der Waals surface area contributed by atoms with Crippen LogP contribution in [0.1, 0.15) is 16.1 Å². The minimum atomic E-state index is -0.246. The van der Waals surface area contributed by atoms with Crippen LogP contribution in [-0.2, 0) is 6.54 Å². The van der Waals surface area contributed by atoms with Gasteiger partial charge in [-0.2, -0.15) is 5.10 Å². The van der Waals surface area contributed by atoms with E-state index in [9.17, 15) is 4.79 Å². The lowest BCUT2D eigenvalue weighted by atomic mass is 10.2. The summed E-state index contributed by atoms with van der Waals surface area (Å²) in [5, 5.41) is 10.2. The van der Waals surface area contributed by atoms with Gasteiger partial charge in [-0.05, 0) is 28.1 Å². The molecule has 0 spiro atoms. The molecule has 2 heterocycles. The maximum absolute atomic E-state index is 12.0. The number of nitrogens with one attached hydrogen (secondary N) is 2. The number of carbonyl (C=O) groups excluding carboxylic acids is 1. The molecular formula is C13H10BrN3O2. The van der Waals surface area contributed by atoms with E-state index >= 15 is 0 Å². The molecule has 0 aliphatic heterocycles. The van der Waals surface area contributed by atoms with Crippen molar-refractivity contribution in [3.8, 4) is 0 Å². The van der Waals surface area contributed by atoms with Crippen LogP contribution in [0.5, 0.6) is 0 Å². The normalized spacial score (nSPS) is 10.8. The van der Waals surface area contributed by atoms with Crippen LogP contribution in [0, 0.1) is 0 Å². The highest BCUT2D eigenvalue weighted by molar-refractivity contribution is 9.10. The van der Waals surface area contributed by atoms with E-state index < -0.39 is 0 Å². The molecule has 0 fully saturated rings. The lowest BCUT2D eigenvalue weighted by molar-refractivity contribution is 0.0925. The molecule has 0 bridgehead atoms. The predicted molar refractivity (Wildman–Crippen MR) is 73.7 cm³/mol. The topological polar surface area (TPSA) is 70.9 Å². The standard InChI is InChI=1S/C13H10BrN3O2/c14-10-3-1-2-9-4-11(19-12(9)10)13(18)15-5-8-6-16-17-7-8/h1-4,6-7H,5H2,(H,15,18)(H,16,17). The molecule has 0 aliphatic rings. The van der Waals surface area contributed by atoms with Crippen molar-refractivity contribution in [1.82, 2.24) is 15.5 Å². The first-order valence-electron chi connectivity index (χ1n) is 5.68. The van der Waals surface area contributed by atoms with Crippen LogP contribution in [0.4, 0.5) is 0 Å². The maximum Gasteiger partial charge on any atom is 0.287 e. The highest BCUT2D eigenvalue weighted by Gasteiger charge is 2.13. The Labute approximate surface area is 117 Å². The number of hydrogen-bond acceptors (Lipinski definition) is 3. The highest BCUT2D eigenvalue weighted by atomic mass is 79.9. The van der Waals surface area contributed by atoms with Crippen LogP contribution in [-0.4, -0.2) is 16.1 Å². The number of hydrogen-bond donors (Lipinski definition) is 2. The van der Waals surface area contributed by atoms with Gasteiger partial charge in [0.1, 0.15) is 5.58 Å². The molecule has 1 amide bonds. The van der Waals surface area contributed by atoms with Gasteiger partial charge in [0.15, 0.2) is 5.76 Å². The van der Waals surface area contributed by atoms with Crippen molar-refractivity contribution in [1.29, 1.82) is 0 Å². The van der Waals surface area contributed by atoms with Gasteiger partial charge in [0.05, 0.1) is 10.7 Å². The van der Waals surface area contributed by atoms with Crippen molar-refractivity contribution in [2.45, 2.75) is 6.54 Å². The Balaban J connectivity index is 1.80. The summed E-state index contributed by atoms with van der Waals surface area (Å²) >= 11 is 3.39. The summed E-state index contributed by atoms with van der Waals surface area (Å²) < 4.78 is 6.38. The van der Waals surface area contributed by atoms with Crippen molar-refractivity contribution in [3.05, 3.63) is 52.5 Å². The Morgan fingerprint density at radius 3 is 3.11 bits per heavy atom. The second-order valence-corrected chi connectivity index (χ2v) is 4.91. The number of nitrogens with zero attached hydrogens (tertiary/aromatic N) is 1. The molecule has 5 nitrogen and oxygen atoms in total. The Kier molecular flexibility index (Phi) is 3.08. The average molecular weight is 320 g/mol. The van der Waals surface area contributed by atoms with Gasteiger partial charge in [-0.25, -0.2) is 0 Å². The third-order valence-electron chi connectivity index (χ3n) is 2.73. The van der Waals surface area contributed by atoms with Crippen molar-refractivity contribution in [2.75, 3.05) is 0 Å². The third-order valence-corrected chi connectivity index (χ3v) is 3.35. The number of benzene rings is 1. The number of amides is 1. The largest absolute Gasteiger partial charge is 0.450 e. The number of aromatic amines is 1. The summed E-state index contributed by atoms with van der Waals surface area (Å²) in [6.07, 6.45) is 3.39. The van der Waals surface area contributed by atoms with E-state index in [0.29, 0.717) is 17.9 Å². The first kappa shape index (κ1) is 12.0. The Bertz CT molecular complexity index is 719. The molecule has 1 aromatic carbocycles. The summed E-state index contributed by atoms with van der Waals surface area (Å²) in [6, 6.07) is 7.40. The number of aromatic nitrogens is 2. The smallest absolute Gasteiger partial charge is 0.287 e. The lowest BCUT2D eigenvalue weighted by Crippen LogP contribution is -2.21. The van der Waals surface area contributed by atoms with Crippen molar-refractivity contribution in [2.24, 2.45) is 0 Å². The number of rotatable bonds is 3. The van der Waals surface area contributed by atoms with E-state index in [1.807, 2.05) is 18.2 Å². The van der Waals surface area contributed by atoms with E-state index in [1.54, 1.807) is 18.5 Å². The fourth-order valence-electron chi connectivity index (χ4n) is 1.78. The maximum atomic E-state index is 12.0. The minimum Gasteiger partial charge on any atom is -0.450 e. The van der Waals surface area contributed by atoms with Gasteiger partial charge in [-0.3, -0.25) is 9.89 Å². The van der Waals surface area contributed by atoms with Crippen LogP contribution in [0.2, 0.25) is 0 Å². The van der Waals surface area contributed by atoms with E-state index in [0.717, 1.165) is 15.4 Å². The molecule has 0 atom stereocenters. The zero-order valence-electron chi connectivity index (χ0n) is 9.81. The second-order valence-electron chi connectivity index (χ2n) is 4.06. The van der Waals surface area contributed by atoms with Gasteiger partial charge < -0.3 is 9.73 Å². The van der Waals surface area contributed by atoms with E-state index in [1.165, 1.54) is 0 Å². The molecule has 0 saturated heterocycles. The molecule has 0 unspecified atom stereocenters. The Morgan fingerprint density at radius 2 is 2.37 bits per heavy atom. The average Bonchev–Trinajstić information content (AvgIpc) is 3.05. The Morgan fingerprint density at radius 1 is 1.47 bits per heavy atom. The van der Waals surface area contributed by atoms with Gasteiger partial charge in [0, 0.05) is 23.7 Å². The lowest BCUT2D eigenvalue weighted by Gasteiger charge is -1.99. The minimum absolute atomic E-state index is 0.246. The number of halogens is 1. The monoisotopic (exact) mass is 319 g/mol. The van der Waals surface area contributed by atoms with Crippen molar-refractivity contribution < 1.29 is 9.21 Å². The van der Waals surface area contributed by atoms with Gasteiger partial charge in [0.25, 0.3) is 5.91 Å². The van der Waals surface area contributed by atoms with E-state index in [4.69, 9.17) is 4.42 Å². The SMILES string of the molecule is O=C(NCc1cn[nH]c1)c1cc2cccc(Br)c2o1. The molecule has 19 heavy (non-hydrogen) atoms. The van der Waals surface area contributed by atoms with Gasteiger partial charge in [-0.1, -0.05) is 12.1 Å². The van der Waals surface area contributed by atoms with Crippen LogP contribution in [0.25, 0.3) is 11.0 Å². The fourth-order valence-corrected chi connectivity index (χ4v) is 2.25. The molecular weight excluding hydrogens is 310 g/mol. The van der Waals surface area contributed by atoms with Crippen LogP contribution < -0.4 is 5.32 Å². The summed E-state index contributed by atoms with van der Waals surface area (Å²) in [6.45, 7) is 0.410. The molecule has 96 valence electrons. The zero-order valence-corrected chi connectivity index (χ0v) is 11.4. The fraction of sp³-hybridized carbons (Fsp3) is 0.0769.